The summed E-state index contributed by atoms with van der Waals surface area (Å²) in [5, 5.41) is 5.97. The Hall–Kier alpha value is -2.19. The normalized spacial score (nSPS) is 16.2. The average Bonchev–Trinajstić information content (AvgIpc) is 2.58. The molecule has 0 saturated heterocycles. The average molecular weight is 308 g/mol. The third-order valence-corrected chi connectivity index (χ3v) is 3.59. The summed E-state index contributed by atoms with van der Waals surface area (Å²) in [6, 6.07) is 8.43. The maximum absolute atomic E-state index is 4.15. The van der Waals surface area contributed by atoms with Crippen LogP contribution < -0.4 is 15.8 Å². The van der Waals surface area contributed by atoms with E-state index in [-0.39, 0.29) is 6.17 Å². The van der Waals surface area contributed by atoms with E-state index in [1.54, 1.807) is 0 Å². The summed E-state index contributed by atoms with van der Waals surface area (Å²) in [6.45, 7) is 12.7. The van der Waals surface area contributed by atoms with Gasteiger partial charge in [-0.25, -0.2) is 0 Å². The molecule has 1 atom stereocenters. The van der Waals surface area contributed by atoms with Crippen molar-refractivity contribution in [3.8, 4) is 0 Å². The first-order valence-electron chi connectivity index (χ1n) is 8.00. The molecule has 0 spiro atoms. The van der Waals surface area contributed by atoms with Crippen molar-refractivity contribution in [2.24, 2.45) is 4.99 Å². The van der Waals surface area contributed by atoms with Crippen molar-refractivity contribution < 1.29 is 0 Å². The van der Waals surface area contributed by atoms with Gasteiger partial charge in [0.05, 0.1) is 0 Å². The van der Waals surface area contributed by atoms with Crippen LogP contribution in [0, 0.1) is 0 Å². The molecule has 122 valence electrons. The fraction of sp³-hybridized carbons (Fsp3) is 0.286. The predicted octanol–water partition coefficient (Wildman–Crippen LogP) is 3.35. The molecule has 0 bridgehead atoms. The van der Waals surface area contributed by atoms with Crippen LogP contribution in [0.1, 0.15) is 27.7 Å². The summed E-state index contributed by atoms with van der Waals surface area (Å²) < 4.78 is 0. The molecule has 1 aromatic carbocycles. The van der Waals surface area contributed by atoms with Crippen molar-refractivity contribution in [3.63, 3.8) is 0 Å². The number of nitrogens with one attached hydrogen (secondary N) is 1. The highest BCUT2D eigenvalue weighted by atomic mass is 15.0. The van der Waals surface area contributed by atoms with Crippen LogP contribution in [0.3, 0.4) is 0 Å². The summed E-state index contributed by atoms with van der Waals surface area (Å²) in [4.78, 5) is 4.15. The highest BCUT2D eigenvalue weighted by Gasteiger charge is 2.01. The second-order valence-electron chi connectivity index (χ2n) is 5.46. The maximum Gasteiger partial charge on any atom is 0.118 e. The zero-order valence-electron chi connectivity index (χ0n) is 14.7. The minimum absolute atomic E-state index is 0.0852. The Morgan fingerprint density at radius 3 is 2.61 bits per heavy atom. The molecule has 0 aliphatic heterocycles. The number of rotatable bonds is 7. The SMILES string of the molecule is C=NC(\C=C(C)/C=C\C=C/C)NC/C(C)=c1\cccc\c1=C\C. The van der Waals surface area contributed by atoms with Crippen LogP contribution in [0.4, 0.5) is 0 Å². The van der Waals surface area contributed by atoms with Crippen molar-refractivity contribution >= 4 is 18.4 Å². The fourth-order valence-electron chi connectivity index (χ4n) is 2.29. The minimum Gasteiger partial charge on any atom is -0.289 e. The lowest BCUT2D eigenvalue weighted by molar-refractivity contribution is 0.666. The van der Waals surface area contributed by atoms with Gasteiger partial charge in [0.15, 0.2) is 0 Å². The van der Waals surface area contributed by atoms with Gasteiger partial charge in [0.2, 0.25) is 0 Å². The van der Waals surface area contributed by atoms with E-state index in [2.05, 4.69) is 80.3 Å². The van der Waals surface area contributed by atoms with Crippen molar-refractivity contribution in [2.75, 3.05) is 6.54 Å². The van der Waals surface area contributed by atoms with Gasteiger partial charge in [0, 0.05) is 6.54 Å². The van der Waals surface area contributed by atoms with Crippen LogP contribution in [0.2, 0.25) is 0 Å². The number of benzene rings is 1. The fourth-order valence-corrected chi connectivity index (χ4v) is 2.29. The summed E-state index contributed by atoms with van der Waals surface area (Å²) >= 11 is 0. The molecule has 0 saturated carbocycles. The van der Waals surface area contributed by atoms with Gasteiger partial charge < -0.3 is 0 Å². The Labute approximate surface area is 140 Å². The van der Waals surface area contributed by atoms with Crippen LogP contribution in [0.15, 0.2) is 65.2 Å². The molecule has 2 nitrogen and oxygen atoms in total. The number of hydrogen-bond acceptors (Lipinski definition) is 2. The first-order valence-corrected chi connectivity index (χ1v) is 8.00. The van der Waals surface area contributed by atoms with Crippen LogP contribution in [0.5, 0.6) is 0 Å². The van der Waals surface area contributed by atoms with Crippen molar-refractivity contribution in [2.45, 2.75) is 33.9 Å². The zero-order chi connectivity index (χ0) is 17.1. The smallest absolute Gasteiger partial charge is 0.118 e. The second-order valence-corrected chi connectivity index (χ2v) is 5.46. The Morgan fingerprint density at radius 1 is 1.22 bits per heavy atom. The van der Waals surface area contributed by atoms with Gasteiger partial charge in [0.25, 0.3) is 0 Å². The molecule has 1 rings (SSSR count). The number of nitrogens with zero attached hydrogens (tertiary/aromatic N) is 1. The molecule has 0 aliphatic rings. The van der Waals surface area contributed by atoms with E-state index in [1.165, 1.54) is 16.0 Å². The lowest BCUT2D eigenvalue weighted by atomic mass is 10.1. The van der Waals surface area contributed by atoms with Gasteiger partial charge in [-0.15, -0.1) is 0 Å². The first kappa shape index (κ1) is 18.9. The van der Waals surface area contributed by atoms with Gasteiger partial charge in [0.1, 0.15) is 6.17 Å². The van der Waals surface area contributed by atoms with Crippen LogP contribution in [0.25, 0.3) is 11.6 Å². The highest BCUT2D eigenvalue weighted by molar-refractivity contribution is 5.45. The van der Waals surface area contributed by atoms with E-state index in [0.29, 0.717) is 0 Å². The number of aliphatic imine (C=N–C) groups is 1. The summed E-state index contributed by atoms with van der Waals surface area (Å²) in [5.41, 5.74) is 2.45. The summed E-state index contributed by atoms with van der Waals surface area (Å²) in [5.74, 6) is 0. The third kappa shape index (κ3) is 6.62. The van der Waals surface area contributed by atoms with Gasteiger partial charge in [-0.3, -0.25) is 10.3 Å². The monoisotopic (exact) mass is 308 g/mol. The van der Waals surface area contributed by atoms with Crippen LogP contribution >= 0.6 is 0 Å². The van der Waals surface area contributed by atoms with Gasteiger partial charge in [-0.05, 0) is 50.9 Å². The molecule has 23 heavy (non-hydrogen) atoms. The molecule has 0 aromatic heterocycles. The van der Waals surface area contributed by atoms with E-state index in [9.17, 15) is 0 Å². The van der Waals surface area contributed by atoms with E-state index >= 15 is 0 Å². The summed E-state index contributed by atoms with van der Waals surface area (Å²) in [6.07, 6.45) is 12.2. The molecule has 0 heterocycles. The number of allylic oxidation sites excluding steroid dienone is 5. The lowest BCUT2D eigenvalue weighted by Crippen LogP contribution is -2.32. The first-order chi connectivity index (χ1) is 11.1. The Kier molecular flexibility index (Phi) is 8.63. The Balaban J connectivity index is 2.86. The minimum atomic E-state index is -0.0852. The van der Waals surface area contributed by atoms with E-state index < -0.39 is 0 Å². The lowest BCUT2D eigenvalue weighted by Gasteiger charge is -2.11. The quantitative estimate of drug-likeness (QED) is 0.606. The van der Waals surface area contributed by atoms with E-state index in [1.807, 2.05) is 25.2 Å². The molecular formula is C21H28N2. The van der Waals surface area contributed by atoms with Gasteiger partial charge in [-0.2, -0.15) is 0 Å². The third-order valence-electron chi connectivity index (χ3n) is 3.59. The molecule has 0 aliphatic carbocycles. The topological polar surface area (TPSA) is 24.4 Å². The molecule has 1 unspecified atom stereocenters. The second kappa shape index (κ2) is 10.5. The molecule has 1 N–H and O–H groups in total. The largest absolute Gasteiger partial charge is 0.289 e. The highest BCUT2D eigenvalue weighted by Crippen LogP contribution is 2.00. The summed E-state index contributed by atoms with van der Waals surface area (Å²) in [7, 11) is 0. The van der Waals surface area contributed by atoms with E-state index in [4.69, 9.17) is 0 Å². The standard InChI is InChI=1S/C21H28N2/c1-6-8-9-12-17(3)15-21(22-5)23-16-18(4)20-14-11-10-13-19(20)7-2/h6-15,21,23H,5,16H2,1-4H3/b8-6-,12-9-,17-15-,19-7-,20-18+. The Morgan fingerprint density at radius 2 is 1.96 bits per heavy atom. The molecule has 1 aromatic rings. The van der Waals surface area contributed by atoms with Crippen molar-refractivity contribution in [1.82, 2.24) is 5.32 Å². The van der Waals surface area contributed by atoms with Crippen molar-refractivity contribution in [3.05, 3.63) is 70.7 Å². The van der Waals surface area contributed by atoms with Crippen LogP contribution in [-0.2, 0) is 0 Å². The predicted molar refractivity (Wildman–Crippen MR) is 104 cm³/mol. The van der Waals surface area contributed by atoms with Crippen LogP contribution in [-0.4, -0.2) is 19.4 Å². The molecule has 0 fully saturated rings. The molecule has 0 radical (unpaired) electrons. The Bertz CT molecular complexity index is 706. The number of hydrogen-bond donors (Lipinski definition) is 1. The molecule has 0 amide bonds. The zero-order valence-corrected chi connectivity index (χ0v) is 14.7. The van der Waals surface area contributed by atoms with Gasteiger partial charge >= 0.3 is 0 Å². The maximum atomic E-state index is 4.15. The van der Waals surface area contributed by atoms with Crippen molar-refractivity contribution in [1.29, 1.82) is 0 Å². The van der Waals surface area contributed by atoms with Gasteiger partial charge in [-0.1, -0.05) is 65.8 Å². The molecular weight excluding hydrogens is 280 g/mol. The molecule has 2 heteroatoms. The van der Waals surface area contributed by atoms with E-state index in [0.717, 1.165) is 12.1 Å².